The van der Waals surface area contributed by atoms with Crippen molar-refractivity contribution in [2.75, 3.05) is 4.90 Å². The Morgan fingerprint density at radius 1 is 0.386 bits per heavy atom. The summed E-state index contributed by atoms with van der Waals surface area (Å²) in [5.74, 6) is 3.21. The number of hydrogen-bond donors (Lipinski definition) is 0. The molecule has 0 radical (unpaired) electrons. The van der Waals surface area contributed by atoms with Crippen LogP contribution in [-0.2, 0) is 0 Å². The van der Waals surface area contributed by atoms with Crippen LogP contribution in [0.5, 0.6) is 23.0 Å². The molecule has 0 N–H and O–H groups in total. The number of benzene rings is 10. The van der Waals surface area contributed by atoms with Gasteiger partial charge in [0.05, 0.1) is 11.4 Å². The van der Waals surface area contributed by atoms with Crippen molar-refractivity contribution in [2.45, 2.75) is 0 Å². The Kier molecular flexibility index (Phi) is 6.22. The number of rotatable bonds is 3. The number of nitrogens with zero attached hydrogens (tertiary/aromatic N) is 1. The van der Waals surface area contributed by atoms with Crippen LogP contribution in [0.15, 0.2) is 186 Å². The third-order valence-electron chi connectivity index (χ3n) is 12.1. The van der Waals surface area contributed by atoms with Gasteiger partial charge in [-0.05, 0) is 79.6 Å². The molecule has 0 fully saturated rings. The van der Waals surface area contributed by atoms with Gasteiger partial charge in [0, 0.05) is 38.8 Å². The molecule has 10 aromatic carbocycles. The van der Waals surface area contributed by atoms with E-state index in [0.717, 1.165) is 83.4 Å². The third-order valence-corrected chi connectivity index (χ3v) is 12.1. The van der Waals surface area contributed by atoms with Crippen LogP contribution < -0.4 is 30.8 Å². The molecule has 3 heterocycles. The molecule has 2 aliphatic rings. The maximum absolute atomic E-state index is 7.15. The Labute approximate surface area is 327 Å². The third kappa shape index (κ3) is 4.28. The zero-order valence-corrected chi connectivity index (χ0v) is 30.6. The maximum atomic E-state index is 7.15. The minimum Gasteiger partial charge on any atom is -0.458 e. The number of fused-ring (bicyclic) bond motifs is 15. The molecule has 0 saturated heterocycles. The molecule has 0 bridgehead atoms. The smallest absolute Gasteiger partial charge is 0.262 e. The molecule has 0 unspecified atom stereocenters. The van der Waals surface area contributed by atoms with Crippen molar-refractivity contribution in [2.24, 2.45) is 0 Å². The molecule has 13 rings (SSSR count). The van der Waals surface area contributed by atoms with Gasteiger partial charge in [-0.1, -0.05) is 140 Å². The number of anilines is 3. The average Bonchev–Trinajstić information content (AvgIpc) is 3.65. The lowest BCUT2D eigenvalue weighted by atomic mass is 9.33. The zero-order chi connectivity index (χ0) is 37.2. The van der Waals surface area contributed by atoms with E-state index in [1.807, 2.05) is 0 Å². The highest BCUT2D eigenvalue weighted by molar-refractivity contribution is 7.01. The van der Waals surface area contributed by atoms with E-state index in [1.54, 1.807) is 0 Å². The standard InChI is InChI=1S/C52H30BNO3/c1-2-17-34(18-3-1)54(41-24-12-16-31-13-4-7-19-35(31)41)42-30-45-47(39-23-11-10-22-38(39)42)40-29-46-50-52(51(40)57-45)56-44-28-26-33-15-6-9-21-37(33)49(44)53(50)48-36-20-8-5-14-32(36)25-27-43(48)55-46/h1-30H. The molecule has 0 spiro atoms. The minimum atomic E-state index is -0.135. The summed E-state index contributed by atoms with van der Waals surface area (Å²) < 4.78 is 21.2. The fourth-order valence-corrected chi connectivity index (χ4v) is 9.74. The fourth-order valence-electron chi connectivity index (χ4n) is 9.74. The number of ether oxygens (including phenoxy) is 2. The topological polar surface area (TPSA) is 34.8 Å². The Balaban J connectivity index is 1.13. The van der Waals surface area contributed by atoms with Gasteiger partial charge in [-0.15, -0.1) is 0 Å². The second-order valence-corrected chi connectivity index (χ2v) is 15.1. The number of hydrogen-bond acceptors (Lipinski definition) is 4. The second kappa shape index (κ2) is 11.5. The van der Waals surface area contributed by atoms with Gasteiger partial charge in [-0.2, -0.15) is 0 Å². The lowest BCUT2D eigenvalue weighted by molar-refractivity contribution is 0.462. The molecular weight excluding hydrogens is 697 g/mol. The SMILES string of the molecule is c1ccc(N(c2cccc3ccccc23)c2cc3oc4c5c6c(cc4c3c3ccccc23)Oc2ccc3ccccc3c2B6c2c(ccc3ccccc23)O5)cc1. The first kappa shape index (κ1) is 30.8. The summed E-state index contributed by atoms with van der Waals surface area (Å²) in [6.45, 7) is -0.135. The highest BCUT2D eigenvalue weighted by Gasteiger charge is 2.44. The van der Waals surface area contributed by atoms with E-state index in [1.165, 1.54) is 32.3 Å². The van der Waals surface area contributed by atoms with E-state index in [-0.39, 0.29) is 6.71 Å². The van der Waals surface area contributed by atoms with Crippen molar-refractivity contribution in [3.63, 3.8) is 0 Å². The van der Waals surface area contributed by atoms with Gasteiger partial charge >= 0.3 is 0 Å². The van der Waals surface area contributed by atoms with Crippen molar-refractivity contribution in [1.82, 2.24) is 0 Å². The molecule has 1 aromatic heterocycles. The van der Waals surface area contributed by atoms with Crippen LogP contribution in [0.3, 0.4) is 0 Å². The Bertz CT molecular complexity index is 3450. The van der Waals surface area contributed by atoms with Crippen molar-refractivity contribution >= 4 is 105 Å². The maximum Gasteiger partial charge on any atom is 0.262 e. The van der Waals surface area contributed by atoms with E-state index >= 15 is 0 Å². The molecular formula is C52H30BNO3. The van der Waals surface area contributed by atoms with Gasteiger partial charge in [-0.25, -0.2) is 0 Å². The van der Waals surface area contributed by atoms with E-state index in [4.69, 9.17) is 13.9 Å². The van der Waals surface area contributed by atoms with Gasteiger partial charge in [0.15, 0.2) is 11.3 Å². The molecule has 2 aliphatic heterocycles. The highest BCUT2D eigenvalue weighted by atomic mass is 16.5. The molecule has 0 atom stereocenters. The van der Waals surface area contributed by atoms with E-state index < -0.39 is 0 Å². The predicted octanol–water partition coefficient (Wildman–Crippen LogP) is 12.4. The fraction of sp³-hybridized carbons (Fsp3) is 0. The summed E-state index contributed by atoms with van der Waals surface area (Å²) in [5.41, 5.74) is 8.00. The monoisotopic (exact) mass is 727 g/mol. The Hall–Kier alpha value is -7.50. The lowest BCUT2D eigenvalue weighted by Crippen LogP contribution is -2.57. The molecule has 57 heavy (non-hydrogen) atoms. The molecule has 11 aromatic rings. The van der Waals surface area contributed by atoms with Gasteiger partial charge in [0.1, 0.15) is 22.8 Å². The Morgan fingerprint density at radius 3 is 1.68 bits per heavy atom. The van der Waals surface area contributed by atoms with Crippen molar-refractivity contribution in [3.8, 4) is 23.0 Å². The largest absolute Gasteiger partial charge is 0.458 e. The van der Waals surface area contributed by atoms with E-state index in [9.17, 15) is 0 Å². The average molecular weight is 728 g/mol. The minimum absolute atomic E-state index is 0.135. The van der Waals surface area contributed by atoms with Crippen LogP contribution >= 0.6 is 0 Å². The highest BCUT2D eigenvalue weighted by Crippen LogP contribution is 2.49. The predicted molar refractivity (Wildman–Crippen MR) is 236 cm³/mol. The Morgan fingerprint density at radius 2 is 0.965 bits per heavy atom. The number of para-hydroxylation sites is 1. The summed E-state index contributed by atoms with van der Waals surface area (Å²) in [6.07, 6.45) is 0. The van der Waals surface area contributed by atoms with Crippen LogP contribution in [0.4, 0.5) is 17.1 Å². The molecule has 0 saturated carbocycles. The number of furan rings is 1. The lowest BCUT2D eigenvalue weighted by Gasteiger charge is -2.34. The summed E-state index contributed by atoms with van der Waals surface area (Å²) in [5, 5.41) is 11.3. The first-order chi connectivity index (χ1) is 28.3. The van der Waals surface area contributed by atoms with Crippen LogP contribution in [0.2, 0.25) is 0 Å². The quantitative estimate of drug-likeness (QED) is 0.170. The first-order valence-electron chi connectivity index (χ1n) is 19.5. The summed E-state index contributed by atoms with van der Waals surface area (Å²) in [6, 6.07) is 64.6. The molecule has 0 amide bonds. The van der Waals surface area contributed by atoms with Crippen LogP contribution in [0.1, 0.15) is 0 Å². The van der Waals surface area contributed by atoms with Gasteiger partial charge in [0.2, 0.25) is 0 Å². The normalized spacial score (nSPS) is 12.8. The van der Waals surface area contributed by atoms with Crippen molar-refractivity contribution < 1.29 is 13.9 Å². The summed E-state index contributed by atoms with van der Waals surface area (Å²) >= 11 is 0. The van der Waals surface area contributed by atoms with Gasteiger partial charge in [0.25, 0.3) is 6.71 Å². The molecule has 0 aliphatic carbocycles. The summed E-state index contributed by atoms with van der Waals surface area (Å²) in [4.78, 5) is 2.37. The van der Waals surface area contributed by atoms with Crippen LogP contribution in [-0.4, -0.2) is 6.71 Å². The second-order valence-electron chi connectivity index (χ2n) is 15.1. The van der Waals surface area contributed by atoms with Crippen LogP contribution in [0.25, 0.3) is 65.0 Å². The molecule has 264 valence electrons. The van der Waals surface area contributed by atoms with E-state index in [0.29, 0.717) is 5.75 Å². The molecule has 5 heteroatoms. The van der Waals surface area contributed by atoms with E-state index in [2.05, 4.69) is 187 Å². The summed E-state index contributed by atoms with van der Waals surface area (Å²) in [7, 11) is 0. The van der Waals surface area contributed by atoms with Gasteiger partial charge in [-0.3, -0.25) is 0 Å². The van der Waals surface area contributed by atoms with Crippen LogP contribution in [0, 0.1) is 0 Å². The zero-order valence-electron chi connectivity index (χ0n) is 30.6. The molecule has 4 nitrogen and oxygen atoms in total. The first-order valence-corrected chi connectivity index (χ1v) is 19.5. The van der Waals surface area contributed by atoms with Crippen molar-refractivity contribution in [3.05, 3.63) is 182 Å². The van der Waals surface area contributed by atoms with Gasteiger partial charge < -0.3 is 18.8 Å². The van der Waals surface area contributed by atoms with Crippen molar-refractivity contribution in [1.29, 1.82) is 0 Å².